The Morgan fingerprint density at radius 3 is 2.48 bits per heavy atom. The van der Waals surface area contributed by atoms with Gasteiger partial charge in [0.15, 0.2) is 0 Å². The molecule has 0 spiro atoms. The van der Waals surface area contributed by atoms with Crippen LogP contribution in [0.25, 0.3) is 0 Å². The van der Waals surface area contributed by atoms with E-state index in [1.807, 2.05) is 91.6 Å². The zero-order chi connectivity index (χ0) is 21.8. The van der Waals surface area contributed by atoms with Gasteiger partial charge in [-0.1, -0.05) is 54.6 Å². The highest BCUT2D eigenvalue weighted by Gasteiger charge is 2.32. The molecule has 4 rings (SSSR count). The summed E-state index contributed by atoms with van der Waals surface area (Å²) < 4.78 is 6.12. The average Bonchev–Trinajstić information content (AvgIpc) is 2.78. The molecule has 1 aliphatic rings. The second-order valence-electron chi connectivity index (χ2n) is 7.45. The number of carboxylic acid groups (broad SMARTS) is 1. The molecule has 1 atom stereocenters. The first-order valence-corrected chi connectivity index (χ1v) is 10.1. The van der Waals surface area contributed by atoms with Crippen LogP contribution in [-0.2, 0) is 11.4 Å². The molecule has 0 bridgehead atoms. The smallest absolute Gasteiger partial charge is 0.334 e. The molecule has 31 heavy (non-hydrogen) atoms. The van der Waals surface area contributed by atoms with Crippen molar-refractivity contribution in [3.63, 3.8) is 0 Å². The van der Waals surface area contributed by atoms with Crippen molar-refractivity contribution in [3.8, 4) is 5.75 Å². The van der Waals surface area contributed by atoms with Gasteiger partial charge in [0, 0.05) is 29.1 Å². The first kappa shape index (κ1) is 20.4. The van der Waals surface area contributed by atoms with Gasteiger partial charge < -0.3 is 14.7 Å². The molecule has 0 aliphatic carbocycles. The fourth-order valence-electron chi connectivity index (χ4n) is 4.03. The van der Waals surface area contributed by atoms with Crippen LogP contribution < -0.4 is 9.64 Å². The second-order valence-corrected chi connectivity index (χ2v) is 7.45. The third kappa shape index (κ3) is 4.21. The lowest BCUT2D eigenvalue weighted by Gasteiger charge is -2.34. The van der Waals surface area contributed by atoms with E-state index in [4.69, 9.17) is 4.74 Å². The zero-order valence-corrected chi connectivity index (χ0v) is 17.5. The number of nitrogens with zero attached hydrogens (tertiary/aromatic N) is 2. The quantitative estimate of drug-likeness (QED) is 0.577. The van der Waals surface area contributed by atoms with E-state index in [2.05, 4.69) is 4.98 Å². The molecule has 5 heteroatoms. The molecule has 1 unspecified atom stereocenters. The van der Waals surface area contributed by atoms with Gasteiger partial charge in [0.1, 0.15) is 12.4 Å². The molecule has 2 aromatic carbocycles. The molecular formula is C26H24N2O3. The molecule has 1 N–H and O–H groups in total. The summed E-state index contributed by atoms with van der Waals surface area (Å²) in [6.07, 6.45) is 5.42. The zero-order valence-electron chi connectivity index (χ0n) is 17.5. The minimum absolute atomic E-state index is 0.324. The molecule has 156 valence electrons. The molecule has 5 nitrogen and oxygen atoms in total. The summed E-state index contributed by atoms with van der Waals surface area (Å²) in [6.45, 7) is 4.24. The fourth-order valence-corrected chi connectivity index (χ4v) is 4.03. The van der Waals surface area contributed by atoms with Crippen LogP contribution in [-0.4, -0.2) is 16.1 Å². The SMILES string of the molecule is CC1=CC(c2ccccc2OCc2ccccc2)C(C(=O)O)=C(C)N1c1cccnc1. The number of carbonyl (C=O) groups is 1. The largest absolute Gasteiger partial charge is 0.489 e. The number of para-hydroxylation sites is 1. The van der Waals surface area contributed by atoms with Gasteiger partial charge in [-0.05, 0) is 37.6 Å². The number of anilines is 1. The van der Waals surface area contributed by atoms with Gasteiger partial charge in [-0.15, -0.1) is 0 Å². The molecule has 0 amide bonds. The summed E-state index contributed by atoms with van der Waals surface area (Å²) in [5, 5.41) is 10.1. The Morgan fingerprint density at radius 2 is 1.77 bits per heavy atom. The molecule has 3 aromatic rings. The number of pyridine rings is 1. The molecule has 0 saturated heterocycles. The number of aromatic nitrogens is 1. The van der Waals surface area contributed by atoms with E-state index in [1.165, 1.54) is 0 Å². The Bertz CT molecular complexity index is 1140. The van der Waals surface area contributed by atoms with Crippen LogP contribution in [0.15, 0.2) is 102 Å². The third-order valence-corrected chi connectivity index (χ3v) is 5.42. The van der Waals surface area contributed by atoms with E-state index in [-0.39, 0.29) is 0 Å². The fraction of sp³-hybridized carbons (Fsp3) is 0.154. The van der Waals surface area contributed by atoms with Crippen LogP contribution in [0, 0.1) is 0 Å². The Balaban J connectivity index is 1.73. The summed E-state index contributed by atoms with van der Waals surface area (Å²) in [6, 6.07) is 21.3. The number of rotatable bonds is 6. The van der Waals surface area contributed by atoms with Crippen molar-refractivity contribution in [2.75, 3.05) is 4.90 Å². The van der Waals surface area contributed by atoms with E-state index in [1.54, 1.807) is 12.4 Å². The third-order valence-electron chi connectivity index (χ3n) is 5.42. The van der Waals surface area contributed by atoms with Crippen molar-refractivity contribution >= 4 is 11.7 Å². The molecule has 1 aromatic heterocycles. The van der Waals surface area contributed by atoms with Gasteiger partial charge in [-0.25, -0.2) is 4.79 Å². The van der Waals surface area contributed by atoms with Crippen molar-refractivity contribution in [2.45, 2.75) is 26.4 Å². The Hall–Kier alpha value is -3.86. The lowest BCUT2D eigenvalue weighted by molar-refractivity contribution is -0.133. The minimum Gasteiger partial charge on any atom is -0.489 e. The van der Waals surface area contributed by atoms with Crippen LogP contribution >= 0.6 is 0 Å². The van der Waals surface area contributed by atoms with E-state index < -0.39 is 11.9 Å². The molecular weight excluding hydrogens is 388 g/mol. The highest BCUT2D eigenvalue weighted by atomic mass is 16.5. The number of carboxylic acids is 1. The number of benzene rings is 2. The highest BCUT2D eigenvalue weighted by Crippen LogP contribution is 2.41. The van der Waals surface area contributed by atoms with Gasteiger partial charge in [0.05, 0.1) is 17.5 Å². The van der Waals surface area contributed by atoms with Gasteiger partial charge in [-0.3, -0.25) is 4.98 Å². The lowest BCUT2D eigenvalue weighted by atomic mass is 9.85. The van der Waals surface area contributed by atoms with E-state index in [0.717, 1.165) is 22.5 Å². The number of hydrogen-bond donors (Lipinski definition) is 1. The molecule has 2 heterocycles. The maximum atomic E-state index is 12.4. The standard InChI is InChI=1S/C26H24N2O3/c1-18-15-23(25(26(29)30)19(2)28(18)21-11-8-14-27-16-21)22-12-6-7-13-24(22)31-17-20-9-4-3-5-10-20/h3-16,23H,17H2,1-2H3,(H,29,30). The highest BCUT2D eigenvalue weighted by molar-refractivity contribution is 5.92. The summed E-state index contributed by atoms with van der Waals surface area (Å²) in [7, 11) is 0. The number of allylic oxidation sites excluding steroid dienone is 3. The van der Waals surface area contributed by atoms with Crippen molar-refractivity contribution in [1.29, 1.82) is 0 Å². The van der Waals surface area contributed by atoms with Gasteiger partial charge >= 0.3 is 5.97 Å². The van der Waals surface area contributed by atoms with Gasteiger partial charge in [-0.2, -0.15) is 0 Å². The van der Waals surface area contributed by atoms with Crippen LogP contribution in [0.5, 0.6) is 5.75 Å². The van der Waals surface area contributed by atoms with Gasteiger partial charge in [0.25, 0.3) is 0 Å². The predicted molar refractivity (Wildman–Crippen MR) is 121 cm³/mol. The molecule has 0 fully saturated rings. The van der Waals surface area contributed by atoms with Crippen molar-refractivity contribution in [2.24, 2.45) is 0 Å². The van der Waals surface area contributed by atoms with Crippen molar-refractivity contribution < 1.29 is 14.6 Å². The molecule has 0 saturated carbocycles. The average molecular weight is 412 g/mol. The Morgan fingerprint density at radius 1 is 1.03 bits per heavy atom. The summed E-state index contributed by atoms with van der Waals surface area (Å²) in [5.41, 5.74) is 4.66. The van der Waals surface area contributed by atoms with Crippen LogP contribution in [0.2, 0.25) is 0 Å². The molecule has 1 aliphatic heterocycles. The monoisotopic (exact) mass is 412 g/mol. The number of ether oxygens (including phenoxy) is 1. The van der Waals surface area contributed by atoms with Crippen molar-refractivity contribution in [1.82, 2.24) is 4.98 Å². The summed E-state index contributed by atoms with van der Waals surface area (Å²) in [5.74, 6) is -0.683. The maximum absolute atomic E-state index is 12.4. The minimum atomic E-state index is -0.946. The predicted octanol–water partition coefficient (Wildman–Crippen LogP) is 5.53. The first-order chi connectivity index (χ1) is 15.1. The van der Waals surface area contributed by atoms with Gasteiger partial charge in [0.2, 0.25) is 0 Å². The van der Waals surface area contributed by atoms with E-state index in [0.29, 0.717) is 23.6 Å². The first-order valence-electron chi connectivity index (χ1n) is 10.1. The Labute approximate surface area is 181 Å². The van der Waals surface area contributed by atoms with Crippen molar-refractivity contribution in [3.05, 3.63) is 113 Å². The summed E-state index contributed by atoms with van der Waals surface area (Å²) >= 11 is 0. The normalized spacial score (nSPS) is 16.1. The van der Waals surface area contributed by atoms with Crippen LogP contribution in [0.4, 0.5) is 5.69 Å². The molecule has 0 radical (unpaired) electrons. The number of aliphatic carboxylic acids is 1. The van der Waals surface area contributed by atoms with E-state index in [9.17, 15) is 9.90 Å². The van der Waals surface area contributed by atoms with Crippen LogP contribution in [0.3, 0.4) is 0 Å². The summed E-state index contributed by atoms with van der Waals surface area (Å²) in [4.78, 5) is 18.5. The Kier molecular flexibility index (Phi) is 5.85. The lowest BCUT2D eigenvalue weighted by Crippen LogP contribution is -2.29. The maximum Gasteiger partial charge on any atom is 0.334 e. The number of hydrogen-bond acceptors (Lipinski definition) is 4. The van der Waals surface area contributed by atoms with Crippen LogP contribution in [0.1, 0.15) is 30.9 Å². The second kappa shape index (κ2) is 8.88. The topological polar surface area (TPSA) is 62.7 Å². The van der Waals surface area contributed by atoms with E-state index >= 15 is 0 Å².